The van der Waals surface area contributed by atoms with Crippen molar-refractivity contribution in [1.29, 1.82) is 0 Å². The van der Waals surface area contributed by atoms with Crippen molar-refractivity contribution in [1.82, 2.24) is 0 Å². The lowest BCUT2D eigenvalue weighted by Gasteiger charge is -2.13. The van der Waals surface area contributed by atoms with E-state index in [1.165, 1.54) is 23.3 Å². The molecule has 0 aromatic heterocycles. The van der Waals surface area contributed by atoms with Gasteiger partial charge in [-0.05, 0) is 71.0 Å². The second-order valence-electron chi connectivity index (χ2n) is 6.87. The second kappa shape index (κ2) is 7.55. The van der Waals surface area contributed by atoms with Crippen LogP contribution in [0.1, 0.15) is 28.7 Å². The van der Waals surface area contributed by atoms with Gasteiger partial charge in [-0.25, -0.2) is 0 Å². The van der Waals surface area contributed by atoms with E-state index in [0.717, 1.165) is 47.4 Å². The van der Waals surface area contributed by atoms with Crippen LogP contribution in [0.3, 0.4) is 0 Å². The highest BCUT2D eigenvalue weighted by Gasteiger charge is 2.29. The Bertz CT molecular complexity index is 1000. The lowest BCUT2D eigenvalue weighted by atomic mass is 9.97. The van der Waals surface area contributed by atoms with Crippen molar-refractivity contribution in [2.24, 2.45) is 0 Å². The van der Waals surface area contributed by atoms with E-state index in [9.17, 15) is 13.2 Å². The summed E-state index contributed by atoms with van der Waals surface area (Å²) in [6, 6.07) is 19.0. The molecule has 0 amide bonds. The Morgan fingerprint density at radius 3 is 2.46 bits per heavy atom. The highest BCUT2D eigenvalue weighted by Crippen LogP contribution is 2.31. The third-order valence-corrected chi connectivity index (χ3v) is 4.87. The van der Waals surface area contributed by atoms with Gasteiger partial charge in [0.15, 0.2) is 0 Å². The van der Waals surface area contributed by atoms with E-state index in [1.807, 2.05) is 30.3 Å². The van der Waals surface area contributed by atoms with Crippen LogP contribution in [0.4, 0.5) is 13.2 Å². The van der Waals surface area contributed by atoms with Gasteiger partial charge in [0.25, 0.3) is 0 Å². The molecule has 1 nitrogen and oxygen atoms in total. The van der Waals surface area contributed by atoms with Gasteiger partial charge in [-0.1, -0.05) is 48.6 Å². The van der Waals surface area contributed by atoms with E-state index >= 15 is 0 Å². The number of halogens is 3. The number of hydrogen-bond acceptors (Lipinski definition) is 1. The van der Waals surface area contributed by atoms with Gasteiger partial charge in [0.1, 0.15) is 12.4 Å². The van der Waals surface area contributed by atoms with Crippen LogP contribution in [0, 0.1) is 0 Å². The van der Waals surface area contributed by atoms with Gasteiger partial charge < -0.3 is 4.74 Å². The zero-order chi connectivity index (χ0) is 19.6. The molecule has 3 aromatic carbocycles. The van der Waals surface area contributed by atoms with E-state index in [-0.39, 0.29) is 0 Å². The minimum atomic E-state index is -4.32. The van der Waals surface area contributed by atoms with Crippen molar-refractivity contribution in [3.05, 3.63) is 95.1 Å². The predicted octanol–water partition coefficient (Wildman–Crippen LogP) is 6.91. The number of benzene rings is 3. The normalized spacial score (nSPS) is 13.2. The van der Waals surface area contributed by atoms with Gasteiger partial charge in [0, 0.05) is 0 Å². The molecule has 0 spiro atoms. The molecule has 0 aliphatic heterocycles. The number of ether oxygens (including phenoxy) is 1. The number of fused-ring (bicyclic) bond motifs is 1. The fourth-order valence-electron chi connectivity index (χ4n) is 3.36. The van der Waals surface area contributed by atoms with Crippen LogP contribution in [0.5, 0.6) is 5.75 Å². The second-order valence-corrected chi connectivity index (χ2v) is 6.87. The molecule has 4 heteroatoms. The zero-order valence-electron chi connectivity index (χ0n) is 15.2. The SMILES string of the molecule is FC(F)(F)c1ccc(-c2cccc(COc3ccc4c(c3)CCC=C4)c2)cc1. The van der Waals surface area contributed by atoms with Crippen LogP contribution in [0.25, 0.3) is 17.2 Å². The molecule has 1 aliphatic carbocycles. The molecular weight excluding hydrogens is 361 g/mol. The maximum atomic E-state index is 12.7. The molecule has 0 fully saturated rings. The third-order valence-electron chi connectivity index (χ3n) is 4.87. The van der Waals surface area contributed by atoms with Crippen molar-refractivity contribution in [3.8, 4) is 16.9 Å². The monoisotopic (exact) mass is 380 g/mol. The molecule has 0 unspecified atom stereocenters. The molecule has 1 aliphatic rings. The Morgan fingerprint density at radius 1 is 0.857 bits per heavy atom. The summed E-state index contributed by atoms with van der Waals surface area (Å²) in [7, 11) is 0. The average Bonchev–Trinajstić information content (AvgIpc) is 2.72. The Kier molecular flexibility index (Phi) is 4.95. The zero-order valence-corrected chi connectivity index (χ0v) is 15.2. The molecule has 3 aromatic rings. The van der Waals surface area contributed by atoms with Crippen LogP contribution in [-0.4, -0.2) is 0 Å². The summed E-state index contributed by atoms with van der Waals surface area (Å²) in [5, 5.41) is 0. The average molecular weight is 380 g/mol. The van der Waals surface area contributed by atoms with Crippen molar-refractivity contribution in [2.45, 2.75) is 25.6 Å². The predicted molar refractivity (Wildman–Crippen MR) is 105 cm³/mol. The van der Waals surface area contributed by atoms with Crippen molar-refractivity contribution in [2.75, 3.05) is 0 Å². The Labute approximate surface area is 162 Å². The summed E-state index contributed by atoms with van der Waals surface area (Å²) >= 11 is 0. The molecule has 0 N–H and O–H groups in total. The summed E-state index contributed by atoms with van der Waals surface area (Å²) in [5.41, 5.74) is 4.47. The van der Waals surface area contributed by atoms with Crippen LogP contribution in [-0.2, 0) is 19.2 Å². The van der Waals surface area contributed by atoms with Crippen molar-refractivity contribution >= 4 is 6.08 Å². The van der Waals surface area contributed by atoms with Crippen LogP contribution in [0.15, 0.2) is 72.8 Å². The molecule has 142 valence electrons. The number of alkyl halides is 3. The van der Waals surface area contributed by atoms with Gasteiger partial charge in [0.05, 0.1) is 5.56 Å². The van der Waals surface area contributed by atoms with Gasteiger partial charge in [-0.2, -0.15) is 13.2 Å². The van der Waals surface area contributed by atoms with E-state index in [0.29, 0.717) is 6.61 Å². The molecule has 0 saturated carbocycles. The van der Waals surface area contributed by atoms with Crippen LogP contribution in [0.2, 0.25) is 0 Å². The van der Waals surface area contributed by atoms with Gasteiger partial charge in [-0.3, -0.25) is 0 Å². The van der Waals surface area contributed by atoms with Crippen molar-refractivity contribution < 1.29 is 17.9 Å². The first kappa shape index (κ1) is 18.4. The maximum absolute atomic E-state index is 12.7. The quantitative estimate of drug-likeness (QED) is 0.478. The van der Waals surface area contributed by atoms with Gasteiger partial charge in [0.2, 0.25) is 0 Å². The van der Waals surface area contributed by atoms with E-state index in [1.54, 1.807) is 0 Å². The lowest BCUT2D eigenvalue weighted by molar-refractivity contribution is -0.137. The summed E-state index contributed by atoms with van der Waals surface area (Å²) < 4.78 is 44.1. The number of hydrogen-bond donors (Lipinski definition) is 0. The largest absolute Gasteiger partial charge is 0.489 e. The first-order valence-electron chi connectivity index (χ1n) is 9.18. The first-order chi connectivity index (χ1) is 13.5. The smallest absolute Gasteiger partial charge is 0.416 e. The molecule has 0 atom stereocenters. The molecule has 0 radical (unpaired) electrons. The molecule has 28 heavy (non-hydrogen) atoms. The maximum Gasteiger partial charge on any atom is 0.416 e. The standard InChI is InChI=1S/C24H19F3O/c25-24(26,27)22-11-8-19(9-12-22)20-7-3-4-17(14-20)16-28-23-13-10-18-5-1-2-6-21(18)15-23/h1,3-5,7-15H,2,6,16H2. The number of aryl methyl sites for hydroxylation is 1. The lowest BCUT2D eigenvalue weighted by Crippen LogP contribution is -2.04. The molecule has 0 saturated heterocycles. The van der Waals surface area contributed by atoms with Crippen LogP contribution < -0.4 is 4.74 Å². The van der Waals surface area contributed by atoms with Gasteiger partial charge in [-0.15, -0.1) is 0 Å². The molecule has 0 bridgehead atoms. The van der Waals surface area contributed by atoms with E-state index < -0.39 is 11.7 Å². The number of rotatable bonds is 4. The topological polar surface area (TPSA) is 9.23 Å². The van der Waals surface area contributed by atoms with Gasteiger partial charge >= 0.3 is 6.18 Å². The first-order valence-corrected chi connectivity index (χ1v) is 9.18. The minimum Gasteiger partial charge on any atom is -0.489 e. The number of allylic oxidation sites excluding steroid dienone is 1. The fourth-order valence-corrected chi connectivity index (χ4v) is 3.36. The molecule has 4 rings (SSSR count). The Morgan fingerprint density at radius 2 is 1.68 bits per heavy atom. The summed E-state index contributed by atoms with van der Waals surface area (Å²) in [4.78, 5) is 0. The molecule has 0 heterocycles. The Hall–Kier alpha value is -3.01. The molecular formula is C24H19F3O. The minimum absolute atomic E-state index is 0.406. The van der Waals surface area contributed by atoms with E-state index in [4.69, 9.17) is 4.74 Å². The fraction of sp³-hybridized carbons (Fsp3) is 0.167. The highest BCUT2D eigenvalue weighted by atomic mass is 19.4. The summed E-state index contributed by atoms with van der Waals surface area (Å²) in [5.74, 6) is 0.828. The summed E-state index contributed by atoms with van der Waals surface area (Å²) in [6.45, 7) is 0.406. The van der Waals surface area contributed by atoms with E-state index in [2.05, 4.69) is 24.3 Å². The highest BCUT2D eigenvalue weighted by molar-refractivity contribution is 5.64. The third kappa shape index (κ3) is 4.11. The van der Waals surface area contributed by atoms with Crippen LogP contribution >= 0.6 is 0 Å². The van der Waals surface area contributed by atoms with Crippen molar-refractivity contribution in [3.63, 3.8) is 0 Å². The Balaban J connectivity index is 1.47. The summed E-state index contributed by atoms with van der Waals surface area (Å²) in [6.07, 6.45) is 2.06.